The summed E-state index contributed by atoms with van der Waals surface area (Å²) >= 11 is 0. The van der Waals surface area contributed by atoms with Crippen LogP contribution in [-0.4, -0.2) is 25.0 Å². The first-order chi connectivity index (χ1) is 4.83. The summed E-state index contributed by atoms with van der Waals surface area (Å²) in [7, 11) is 2.12. The van der Waals surface area contributed by atoms with Gasteiger partial charge in [-0.05, 0) is 19.9 Å². The molecule has 0 bridgehead atoms. The summed E-state index contributed by atoms with van der Waals surface area (Å²) in [4.78, 5) is 5.55. The van der Waals surface area contributed by atoms with Crippen LogP contribution in [0, 0.1) is 6.57 Å². The third kappa shape index (κ3) is 1.85. The first-order valence-electron chi connectivity index (χ1n) is 3.56. The molecule has 1 aliphatic heterocycles. The van der Waals surface area contributed by atoms with Crippen molar-refractivity contribution >= 4 is 0 Å². The van der Waals surface area contributed by atoms with Gasteiger partial charge in [-0.25, -0.2) is 4.85 Å². The Morgan fingerprint density at radius 1 is 1.50 bits per heavy atom. The minimum atomic E-state index is 1.08. The highest BCUT2D eigenvalue weighted by Crippen LogP contribution is 2.13. The number of hydrogen-bond acceptors (Lipinski definition) is 1. The van der Waals surface area contributed by atoms with Gasteiger partial charge in [-0.15, -0.1) is 0 Å². The van der Waals surface area contributed by atoms with Crippen LogP contribution in [0.4, 0.5) is 0 Å². The molecule has 54 valence electrons. The van der Waals surface area contributed by atoms with Crippen molar-refractivity contribution < 1.29 is 0 Å². The maximum Gasteiger partial charge on any atom is 0.153 e. The Kier molecular flexibility index (Phi) is 2.47. The molecular formula is C8H12N2. The van der Waals surface area contributed by atoms with Crippen LogP contribution in [-0.2, 0) is 0 Å². The fraction of sp³-hybridized carbons (Fsp3) is 0.625. The van der Waals surface area contributed by atoms with E-state index in [0.717, 1.165) is 25.9 Å². The predicted molar refractivity (Wildman–Crippen MR) is 41.4 cm³/mol. The zero-order chi connectivity index (χ0) is 7.40. The largest absolute Gasteiger partial charge is 0.306 e. The highest BCUT2D eigenvalue weighted by atomic mass is 15.1. The van der Waals surface area contributed by atoms with Crippen molar-refractivity contribution in [2.45, 2.75) is 12.8 Å². The van der Waals surface area contributed by atoms with Crippen molar-refractivity contribution in [1.82, 2.24) is 4.90 Å². The Hall–Kier alpha value is -0.810. The van der Waals surface area contributed by atoms with Crippen LogP contribution in [0.25, 0.3) is 4.85 Å². The van der Waals surface area contributed by atoms with Crippen LogP contribution >= 0.6 is 0 Å². The van der Waals surface area contributed by atoms with Gasteiger partial charge in [0.25, 0.3) is 0 Å². The third-order valence-corrected chi connectivity index (χ3v) is 1.88. The lowest BCUT2D eigenvalue weighted by Gasteiger charge is -2.23. The van der Waals surface area contributed by atoms with Crippen LogP contribution in [0.15, 0.2) is 11.8 Å². The fourth-order valence-electron chi connectivity index (χ4n) is 1.13. The zero-order valence-corrected chi connectivity index (χ0v) is 6.30. The number of likely N-dealkylation sites (tertiary alicyclic amines) is 1. The molecule has 0 aromatic carbocycles. The van der Waals surface area contributed by atoms with Crippen LogP contribution in [0.3, 0.4) is 0 Å². The normalized spacial score (nSPS) is 20.2. The molecule has 0 N–H and O–H groups in total. The molecule has 0 saturated carbocycles. The Balaban J connectivity index is 2.42. The molecule has 0 aliphatic carbocycles. The third-order valence-electron chi connectivity index (χ3n) is 1.88. The molecule has 1 heterocycles. The first-order valence-corrected chi connectivity index (χ1v) is 3.56. The van der Waals surface area contributed by atoms with Gasteiger partial charge in [0.1, 0.15) is 0 Å². The summed E-state index contributed by atoms with van der Waals surface area (Å²) in [5.41, 5.74) is 1.31. The van der Waals surface area contributed by atoms with E-state index >= 15 is 0 Å². The van der Waals surface area contributed by atoms with E-state index in [-0.39, 0.29) is 0 Å². The van der Waals surface area contributed by atoms with Crippen LogP contribution in [0.5, 0.6) is 0 Å². The summed E-state index contributed by atoms with van der Waals surface area (Å²) in [5, 5.41) is 0. The van der Waals surface area contributed by atoms with Crippen LogP contribution in [0.1, 0.15) is 12.8 Å². The van der Waals surface area contributed by atoms with Gasteiger partial charge >= 0.3 is 0 Å². The summed E-state index contributed by atoms with van der Waals surface area (Å²) in [6, 6.07) is 0. The molecule has 0 spiro atoms. The highest BCUT2D eigenvalue weighted by Gasteiger charge is 2.08. The van der Waals surface area contributed by atoms with E-state index in [2.05, 4.69) is 16.8 Å². The Morgan fingerprint density at radius 3 is 2.60 bits per heavy atom. The van der Waals surface area contributed by atoms with Crippen LogP contribution in [0.2, 0.25) is 0 Å². The standard InChI is InChI=1S/C8H12N2/c1-9-7-8-3-5-10(2)6-4-8/h7H,3-6H2,2H3. The van der Waals surface area contributed by atoms with E-state index in [1.165, 1.54) is 5.57 Å². The fourth-order valence-corrected chi connectivity index (χ4v) is 1.13. The molecule has 0 aromatic heterocycles. The van der Waals surface area contributed by atoms with Gasteiger partial charge in [-0.1, -0.05) is 5.57 Å². The van der Waals surface area contributed by atoms with Gasteiger partial charge in [-0.2, -0.15) is 0 Å². The lowest BCUT2D eigenvalue weighted by molar-refractivity contribution is 0.312. The van der Waals surface area contributed by atoms with Gasteiger partial charge < -0.3 is 4.90 Å². The van der Waals surface area contributed by atoms with E-state index in [0.29, 0.717) is 0 Å². The summed E-state index contributed by atoms with van der Waals surface area (Å²) in [6.45, 7) is 8.85. The molecule has 0 aromatic rings. The van der Waals surface area contributed by atoms with Crippen molar-refractivity contribution in [3.05, 3.63) is 23.2 Å². The highest BCUT2D eigenvalue weighted by molar-refractivity contribution is 5.08. The summed E-state index contributed by atoms with van der Waals surface area (Å²) < 4.78 is 0. The van der Waals surface area contributed by atoms with Crippen molar-refractivity contribution in [3.8, 4) is 0 Å². The number of piperidine rings is 1. The van der Waals surface area contributed by atoms with Gasteiger partial charge in [-0.3, -0.25) is 0 Å². The minimum absolute atomic E-state index is 1.08. The van der Waals surface area contributed by atoms with E-state index in [1.807, 2.05) is 0 Å². The smallest absolute Gasteiger partial charge is 0.153 e. The molecule has 0 radical (unpaired) electrons. The van der Waals surface area contributed by atoms with E-state index < -0.39 is 0 Å². The lowest BCUT2D eigenvalue weighted by Crippen LogP contribution is -2.26. The zero-order valence-electron chi connectivity index (χ0n) is 6.30. The minimum Gasteiger partial charge on any atom is -0.306 e. The van der Waals surface area contributed by atoms with Crippen molar-refractivity contribution in [1.29, 1.82) is 0 Å². The number of nitrogens with zero attached hydrogens (tertiary/aromatic N) is 2. The van der Waals surface area contributed by atoms with E-state index in [4.69, 9.17) is 6.57 Å². The topological polar surface area (TPSA) is 7.60 Å². The molecular weight excluding hydrogens is 124 g/mol. The Morgan fingerprint density at radius 2 is 2.10 bits per heavy atom. The molecule has 1 fully saturated rings. The average Bonchev–Trinajstić information content (AvgIpc) is 1.95. The Bertz CT molecular complexity index is 166. The maximum atomic E-state index is 6.62. The Labute approximate surface area is 62.0 Å². The average molecular weight is 136 g/mol. The number of rotatable bonds is 0. The molecule has 0 amide bonds. The van der Waals surface area contributed by atoms with Gasteiger partial charge in [0.2, 0.25) is 0 Å². The second kappa shape index (κ2) is 3.38. The SMILES string of the molecule is [C-]#[N+]C=C1CCN(C)CC1. The molecule has 1 saturated heterocycles. The summed E-state index contributed by atoms with van der Waals surface area (Å²) in [6.07, 6.45) is 3.84. The summed E-state index contributed by atoms with van der Waals surface area (Å²) in [5.74, 6) is 0. The second-order valence-electron chi connectivity index (χ2n) is 2.72. The maximum absolute atomic E-state index is 6.62. The van der Waals surface area contributed by atoms with E-state index in [1.54, 1.807) is 6.20 Å². The lowest BCUT2D eigenvalue weighted by atomic mass is 10.1. The predicted octanol–water partition coefficient (Wildman–Crippen LogP) is 1.52. The first kappa shape index (κ1) is 7.30. The molecule has 0 unspecified atom stereocenters. The van der Waals surface area contributed by atoms with Crippen LogP contribution < -0.4 is 0 Å². The molecule has 2 nitrogen and oxygen atoms in total. The molecule has 10 heavy (non-hydrogen) atoms. The molecule has 1 rings (SSSR count). The molecule has 0 atom stereocenters. The number of hydrogen-bond donors (Lipinski definition) is 0. The quantitative estimate of drug-likeness (QED) is 0.458. The van der Waals surface area contributed by atoms with Gasteiger partial charge in [0.05, 0.1) is 6.57 Å². The van der Waals surface area contributed by atoms with Gasteiger partial charge in [0.15, 0.2) is 6.20 Å². The van der Waals surface area contributed by atoms with Crippen molar-refractivity contribution in [3.63, 3.8) is 0 Å². The van der Waals surface area contributed by atoms with Crippen molar-refractivity contribution in [2.24, 2.45) is 0 Å². The molecule has 2 heteroatoms. The van der Waals surface area contributed by atoms with Crippen molar-refractivity contribution in [2.75, 3.05) is 20.1 Å². The molecule has 1 aliphatic rings. The monoisotopic (exact) mass is 136 g/mol. The van der Waals surface area contributed by atoms with Gasteiger partial charge in [0, 0.05) is 13.1 Å². The second-order valence-corrected chi connectivity index (χ2v) is 2.72. The van der Waals surface area contributed by atoms with E-state index in [9.17, 15) is 0 Å².